The highest BCUT2D eigenvalue weighted by molar-refractivity contribution is 9.10. The Morgan fingerprint density at radius 1 is 1.29 bits per heavy atom. The van der Waals surface area contributed by atoms with Crippen molar-refractivity contribution in [1.82, 2.24) is 5.43 Å². The number of halogens is 1. The largest absolute Gasteiger partial charge is 0.496 e. The van der Waals surface area contributed by atoms with Crippen LogP contribution >= 0.6 is 15.9 Å². The molecule has 0 unspecified atom stereocenters. The number of hydrogen-bond donors (Lipinski definition) is 1. The monoisotopic (exact) mass is 390 g/mol. The van der Waals surface area contributed by atoms with Crippen molar-refractivity contribution in [2.75, 3.05) is 13.7 Å². The molecular formula is C18H19BrN2O3. The van der Waals surface area contributed by atoms with Gasteiger partial charge in [-0.05, 0) is 59.1 Å². The molecule has 1 amide bonds. The van der Waals surface area contributed by atoms with Crippen molar-refractivity contribution < 1.29 is 14.3 Å². The number of carbonyl (C=O) groups is 1. The minimum Gasteiger partial charge on any atom is -0.496 e. The molecule has 5 nitrogen and oxygen atoms in total. The number of methoxy groups -OCH3 is 1. The molecule has 0 bridgehead atoms. The first kappa shape index (κ1) is 18.0. The summed E-state index contributed by atoms with van der Waals surface area (Å²) in [5.74, 6) is 1.00. The van der Waals surface area contributed by atoms with E-state index >= 15 is 0 Å². The molecule has 0 aliphatic heterocycles. The fourth-order valence-electron chi connectivity index (χ4n) is 2.20. The molecule has 0 aliphatic rings. The van der Waals surface area contributed by atoms with Crippen LogP contribution in [0.4, 0.5) is 0 Å². The van der Waals surface area contributed by atoms with Crippen LogP contribution in [-0.2, 0) is 4.79 Å². The van der Waals surface area contributed by atoms with Crippen molar-refractivity contribution in [2.45, 2.75) is 13.8 Å². The van der Waals surface area contributed by atoms with Crippen LogP contribution in [0.2, 0.25) is 0 Å². The van der Waals surface area contributed by atoms with E-state index in [0.29, 0.717) is 11.5 Å². The van der Waals surface area contributed by atoms with E-state index in [2.05, 4.69) is 26.5 Å². The highest BCUT2D eigenvalue weighted by Crippen LogP contribution is 2.30. The molecule has 2 rings (SSSR count). The quantitative estimate of drug-likeness (QED) is 0.605. The first-order valence-electron chi connectivity index (χ1n) is 7.35. The van der Waals surface area contributed by atoms with Gasteiger partial charge in [0.25, 0.3) is 5.91 Å². The Labute approximate surface area is 149 Å². The molecule has 0 radical (unpaired) electrons. The Kier molecular flexibility index (Phi) is 6.37. The van der Waals surface area contributed by atoms with Crippen LogP contribution in [0.3, 0.4) is 0 Å². The third kappa shape index (κ3) is 4.83. The number of hydrogen-bond acceptors (Lipinski definition) is 4. The van der Waals surface area contributed by atoms with Crippen LogP contribution in [0.1, 0.15) is 16.7 Å². The lowest BCUT2D eigenvalue weighted by molar-refractivity contribution is -0.123. The van der Waals surface area contributed by atoms with Gasteiger partial charge >= 0.3 is 0 Å². The fraction of sp³-hybridized carbons (Fsp3) is 0.222. The molecule has 2 aromatic rings. The predicted molar refractivity (Wildman–Crippen MR) is 97.8 cm³/mol. The average molecular weight is 391 g/mol. The van der Waals surface area contributed by atoms with Crippen molar-refractivity contribution in [1.29, 1.82) is 0 Å². The molecular weight excluding hydrogens is 372 g/mol. The smallest absolute Gasteiger partial charge is 0.277 e. The van der Waals surface area contributed by atoms with Gasteiger partial charge < -0.3 is 9.47 Å². The van der Waals surface area contributed by atoms with E-state index in [9.17, 15) is 4.79 Å². The minimum absolute atomic E-state index is 0.119. The maximum absolute atomic E-state index is 11.9. The number of amides is 1. The highest BCUT2D eigenvalue weighted by atomic mass is 79.9. The predicted octanol–water partition coefficient (Wildman–Crippen LogP) is 3.60. The van der Waals surface area contributed by atoms with Crippen molar-refractivity contribution in [3.63, 3.8) is 0 Å². The van der Waals surface area contributed by atoms with Gasteiger partial charge in [-0.3, -0.25) is 4.79 Å². The van der Waals surface area contributed by atoms with Gasteiger partial charge in [0.05, 0.1) is 17.8 Å². The van der Waals surface area contributed by atoms with Gasteiger partial charge in [0.15, 0.2) is 6.61 Å². The lowest BCUT2D eigenvalue weighted by Gasteiger charge is -2.11. The van der Waals surface area contributed by atoms with Gasteiger partial charge in [0.2, 0.25) is 0 Å². The topological polar surface area (TPSA) is 59.9 Å². The number of carbonyl (C=O) groups excluding carboxylic acids is 1. The summed E-state index contributed by atoms with van der Waals surface area (Å²) in [7, 11) is 1.58. The maximum atomic E-state index is 11.9. The SMILES string of the molecule is COc1ccccc1/C=N\NC(=O)COc1c(C)cc(C)cc1Br. The van der Waals surface area contributed by atoms with E-state index < -0.39 is 0 Å². The Morgan fingerprint density at radius 2 is 2.04 bits per heavy atom. The summed E-state index contributed by atoms with van der Waals surface area (Å²) in [4.78, 5) is 11.9. The molecule has 0 saturated carbocycles. The van der Waals surface area contributed by atoms with Gasteiger partial charge in [-0.15, -0.1) is 0 Å². The summed E-state index contributed by atoms with van der Waals surface area (Å²) in [5.41, 5.74) is 5.30. The van der Waals surface area contributed by atoms with Crippen LogP contribution < -0.4 is 14.9 Å². The Morgan fingerprint density at radius 3 is 2.75 bits per heavy atom. The zero-order chi connectivity index (χ0) is 17.5. The zero-order valence-electron chi connectivity index (χ0n) is 13.8. The molecule has 126 valence electrons. The van der Waals surface area contributed by atoms with Gasteiger partial charge in [0, 0.05) is 5.56 Å². The number of rotatable bonds is 6. The first-order valence-corrected chi connectivity index (χ1v) is 8.15. The number of hydrazone groups is 1. The molecule has 2 aromatic carbocycles. The van der Waals surface area contributed by atoms with E-state index in [1.54, 1.807) is 7.11 Å². The summed E-state index contributed by atoms with van der Waals surface area (Å²) in [6.45, 7) is 3.82. The number of nitrogens with zero attached hydrogens (tertiary/aromatic N) is 1. The minimum atomic E-state index is -0.340. The van der Waals surface area contributed by atoms with Gasteiger partial charge in [0.1, 0.15) is 11.5 Å². The van der Waals surface area contributed by atoms with Gasteiger partial charge in [-0.2, -0.15) is 5.10 Å². The second kappa shape index (κ2) is 8.49. The van der Waals surface area contributed by atoms with Crippen LogP contribution in [0.25, 0.3) is 0 Å². The zero-order valence-corrected chi connectivity index (χ0v) is 15.4. The Balaban J connectivity index is 1.91. The van der Waals surface area contributed by atoms with E-state index in [1.807, 2.05) is 50.2 Å². The van der Waals surface area contributed by atoms with Gasteiger partial charge in [-0.25, -0.2) is 5.43 Å². The van der Waals surface area contributed by atoms with Crippen LogP contribution in [0.5, 0.6) is 11.5 Å². The average Bonchev–Trinajstić information content (AvgIpc) is 2.54. The molecule has 0 fully saturated rings. The molecule has 0 aliphatic carbocycles. The van der Waals surface area contributed by atoms with Gasteiger partial charge in [-0.1, -0.05) is 18.2 Å². The van der Waals surface area contributed by atoms with Crippen molar-refractivity contribution >= 4 is 28.1 Å². The molecule has 0 aromatic heterocycles. The van der Waals surface area contributed by atoms with E-state index in [4.69, 9.17) is 9.47 Å². The summed E-state index contributed by atoms with van der Waals surface area (Å²) in [6.07, 6.45) is 1.53. The summed E-state index contributed by atoms with van der Waals surface area (Å²) in [6, 6.07) is 11.3. The lowest BCUT2D eigenvalue weighted by atomic mass is 10.1. The molecule has 6 heteroatoms. The number of ether oxygens (including phenoxy) is 2. The summed E-state index contributed by atoms with van der Waals surface area (Å²) < 4.78 is 11.6. The normalized spacial score (nSPS) is 10.7. The van der Waals surface area contributed by atoms with Crippen molar-refractivity contribution in [2.24, 2.45) is 5.10 Å². The first-order chi connectivity index (χ1) is 11.5. The number of nitrogens with one attached hydrogen (secondary N) is 1. The van der Waals surface area contributed by atoms with Crippen LogP contribution in [0, 0.1) is 13.8 Å². The summed E-state index contributed by atoms with van der Waals surface area (Å²) >= 11 is 3.45. The second-order valence-electron chi connectivity index (χ2n) is 5.22. The summed E-state index contributed by atoms with van der Waals surface area (Å²) in [5, 5.41) is 3.93. The molecule has 24 heavy (non-hydrogen) atoms. The van der Waals surface area contributed by atoms with Crippen molar-refractivity contribution in [3.05, 3.63) is 57.6 Å². The van der Waals surface area contributed by atoms with E-state index in [-0.39, 0.29) is 12.5 Å². The standard InChI is InChI=1S/C18H19BrN2O3/c1-12-8-13(2)18(15(19)9-12)24-11-17(22)21-20-10-14-6-4-5-7-16(14)23-3/h4-10H,11H2,1-3H3,(H,21,22)/b20-10-. The van der Waals surface area contributed by atoms with Crippen LogP contribution in [0.15, 0.2) is 46.0 Å². The Bertz CT molecular complexity index is 737. The highest BCUT2D eigenvalue weighted by Gasteiger charge is 2.09. The van der Waals surface area contributed by atoms with Crippen molar-refractivity contribution in [3.8, 4) is 11.5 Å². The lowest BCUT2D eigenvalue weighted by Crippen LogP contribution is -2.24. The van der Waals surface area contributed by atoms with Crippen LogP contribution in [-0.4, -0.2) is 25.8 Å². The molecule has 0 atom stereocenters. The number of para-hydroxylation sites is 1. The second-order valence-corrected chi connectivity index (χ2v) is 6.07. The third-order valence-electron chi connectivity index (χ3n) is 3.25. The molecule has 0 spiro atoms. The van der Waals surface area contributed by atoms with E-state index in [1.165, 1.54) is 6.21 Å². The maximum Gasteiger partial charge on any atom is 0.277 e. The number of aryl methyl sites for hydroxylation is 2. The Hall–Kier alpha value is -2.34. The fourth-order valence-corrected chi connectivity index (χ4v) is 2.99. The molecule has 1 N–H and O–H groups in total. The number of benzene rings is 2. The third-order valence-corrected chi connectivity index (χ3v) is 3.84. The molecule has 0 heterocycles. The molecule has 0 saturated heterocycles. The van der Waals surface area contributed by atoms with E-state index in [0.717, 1.165) is 21.2 Å².